The number of thioether (sulfide) groups is 1. The molecule has 1 atom stereocenters. The fraction of sp³-hybridized carbons (Fsp3) is 0.154. The lowest BCUT2D eigenvalue weighted by atomic mass is 10.0. The van der Waals surface area contributed by atoms with Crippen LogP contribution in [-0.2, 0) is 23.2 Å². The van der Waals surface area contributed by atoms with Gasteiger partial charge in [-0.25, -0.2) is 8.78 Å². The molecule has 1 N–H and O–H groups in total. The highest BCUT2D eigenvalue weighted by Gasteiger charge is 2.39. The minimum absolute atomic E-state index is 0.135. The van der Waals surface area contributed by atoms with E-state index in [9.17, 15) is 18.4 Å². The molecule has 0 radical (unpaired) electrons. The van der Waals surface area contributed by atoms with Gasteiger partial charge in [0.1, 0.15) is 17.7 Å². The van der Waals surface area contributed by atoms with Crippen molar-refractivity contribution in [3.8, 4) is 0 Å². The van der Waals surface area contributed by atoms with Crippen LogP contribution in [0.25, 0.3) is 10.9 Å². The maximum absolute atomic E-state index is 13.7. The van der Waals surface area contributed by atoms with Gasteiger partial charge in [-0.15, -0.1) is 0 Å². The van der Waals surface area contributed by atoms with Crippen molar-refractivity contribution in [2.45, 2.75) is 17.6 Å². The molecule has 3 aromatic carbocycles. The highest BCUT2D eigenvalue weighted by molar-refractivity contribution is 8.00. The highest BCUT2D eigenvalue weighted by Crippen LogP contribution is 2.43. The van der Waals surface area contributed by atoms with Crippen molar-refractivity contribution in [3.05, 3.63) is 95.6 Å². The molecule has 1 aliphatic heterocycles. The number of para-hydroxylation sites is 1. The predicted molar refractivity (Wildman–Crippen MR) is 129 cm³/mol. The summed E-state index contributed by atoms with van der Waals surface area (Å²) in [6.45, 7) is 0.175. The molecule has 2 heterocycles. The van der Waals surface area contributed by atoms with Crippen molar-refractivity contribution >= 4 is 40.2 Å². The lowest BCUT2D eigenvalue weighted by Crippen LogP contribution is -2.43. The standard InChI is InChI=1S/C26H21F2N3O2S/c1-30-21-5-3-2-4-20(21)23-24(25(33)29-14-16-6-8-17(27)9-7-16)31(22(32)15-34-26(23)30)19-12-10-18(28)11-13-19/h2-13,24H,14-15H2,1H3,(H,29,33)/t24-/m1/s1. The van der Waals surface area contributed by atoms with E-state index in [1.54, 1.807) is 12.1 Å². The molecule has 0 aliphatic carbocycles. The first-order valence-electron chi connectivity index (χ1n) is 10.7. The molecule has 1 aliphatic rings. The second kappa shape index (κ2) is 8.95. The number of hydrogen-bond donors (Lipinski definition) is 1. The van der Waals surface area contributed by atoms with E-state index in [1.165, 1.54) is 53.1 Å². The van der Waals surface area contributed by atoms with Gasteiger partial charge in [0.05, 0.1) is 10.8 Å². The number of carbonyl (C=O) groups is 2. The van der Waals surface area contributed by atoms with Gasteiger partial charge in [-0.1, -0.05) is 42.1 Å². The summed E-state index contributed by atoms with van der Waals surface area (Å²) in [6, 6.07) is 18.2. The monoisotopic (exact) mass is 477 g/mol. The number of nitrogens with one attached hydrogen (secondary N) is 1. The number of benzene rings is 3. The van der Waals surface area contributed by atoms with E-state index in [2.05, 4.69) is 5.32 Å². The molecule has 1 aromatic heterocycles. The Kier molecular flexibility index (Phi) is 5.83. The number of anilines is 1. The molecule has 0 spiro atoms. The van der Waals surface area contributed by atoms with Crippen LogP contribution in [0.5, 0.6) is 0 Å². The van der Waals surface area contributed by atoms with Crippen LogP contribution >= 0.6 is 11.8 Å². The second-order valence-electron chi connectivity index (χ2n) is 8.07. The summed E-state index contributed by atoms with van der Waals surface area (Å²) in [5, 5.41) is 4.62. The number of aryl methyl sites for hydroxylation is 1. The van der Waals surface area contributed by atoms with Gasteiger partial charge in [-0.2, -0.15) is 0 Å². The SMILES string of the molecule is Cn1c2c(c3ccccc31)[C@H](C(=O)NCc1ccc(F)cc1)N(c1ccc(F)cc1)C(=O)CS2. The lowest BCUT2D eigenvalue weighted by Gasteiger charge is -2.30. The van der Waals surface area contributed by atoms with Crippen molar-refractivity contribution in [2.75, 3.05) is 10.7 Å². The summed E-state index contributed by atoms with van der Waals surface area (Å²) in [6.07, 6.45) is 0. The molecule has 4 aromatic rings. The normalized spacial score (nSPS) is 15.8. The van der Waals surface area contributed by atoms with Gasteiger partial charge in [0.25, 0.3) is 0 Å². The third kappa shape index (κ3) is 3.94. The molecule has 0 unspecified atom stereocenters. The molecular weight excluding hydrogens is 456 g/mol. The second-order valence-corrected chi connectivity index (χ2v) is 9.03. The number of amides is 2. The van der Waals surface area contributed by atoms with Crippen LogP contribution in [-0.4, -0.2) is 22.1 Å². The zero-order valence-corrected chi connectivity index (χ0v) is 19.1. The fourth-order valence-electron chi connectivity index (χ4n) is 4.34. The van der Waals surface area contributed by atoms with Crippen LogP contribution in [0.1, 0.15) is 17.2 Å². The Hall–Kier alpha value is -3.65. The molecule has 172 valence electrons. The summed E-state index contributed by atoms with van der Waals surface area (Å²) in [7, 11) is 1.92. The van der Waals surface area contributed by atoms with E-state index in [4.69, 9.17) is 0 Å². The summed E-state index contributed by atoms with van der Waals surface area (Å²) < 4.78 is 28.9. The van der Waals surface area contributed by atoms with Gasteiger partial charge in [0.15, 0.2) is 0 Å². The molecule has 0 bridgehead atoms. The van der Waals surface area contributed by atoms with Gasteiger partial charge >= 0.3 is 0 Å². The third-order valence-corrected chi connectivity index (χ3v) is 7.11. The smallest absolute Gasteiger partial charge is 0.248 e. The average molecular weight is 478 g/mol. The Morgan fingerprint density at radius 1 is 1.00 bits per heavy atom. The van der Waals surface area contributed by atoms with Crippen LogP contribution < -0.4 is 10.2 Å². The van der Waals surface area contributed by atoms with Gasteiger partial charge in [-0.3, -0.25) is 14.5 Å². The first-order valence-corrected chi connectivity index (χ1v) is 11.7. The first-order chi connectivity index (χ1) is 16.4. The highest BCUT2D eigenvalue weighted by atomic mass is 32.2. The van der Waals surface area contributed by atoms with Crippen LogP contribution in [0.4, 0.5) is 14.5 Å². The van der Waals surface area contributed by atoms with Crippen LogP contribution in [0, 0.1) is 11.6 Å². The molecule has 5 nitrogen and oxygen atoms in total. The number of nitrogens with zero attached hydrogens (tertiary/aromatic N) is 2. The Bertz CT molecular complexity index is 1380. The van der Waals surface area contributed by atoms with E-state index in [1.807, 2.05) is 35.9 Å². The third-order valence-electron chi connectivity index (χ3n) is 5.96. The number of halogens is 2. The number of aromatic nitrogens is 1. The Morgan fingerprint density at radius 2 is 1.65 bits per heavy atom. The molecule has 2 amide bonds. The van der Waals surface area contributed by atoms with E-state index in [-0.39, 0.29) is 29.9 Å². The first kappa shape index (κ1) is 22.2. The molecule has 0 saturated heterocycles. The van der Waals surface area contributed by atoms with Gasteiger partial charge in [0, 0.05) is 35.7 Å². The van der Waals surface area contributed by atoms with Gasteiger partial charge < -0.3 is 9.88 Å². The molecule has 0 fully saturated rings. The predicted octanol–water partition coefficient (Wildman–Crippen LogP) is 4.95. The van der Waals surface area contributed by atoms with Crippen molar-refractivity contribution in [3.63, 3.8) is 0 Å². The number of carbonyl (C=O) groups excluding carboxylic acids is 2. The molecule has 8 heteroatoms. The largest absolute Gasteiger partial charge is 0.350 e. The van der Waals surface area contributed by atoms with Crippen LogP contribution in [0.3, 0.4) is 0 Å². The zero-order chi connectivity index (χ0) is 23.8. The topological polar surface area (TPSA) is 54.3 Å². The maximum Gasteiger partial charge on any atom is 0.248 e. The maximum atomic E-state index is 13.7. The Labute approximate surface area is 199 Å². The summed E-state index contributed by atoms with van der Waals surface area (Å²) in [4.78, 5) is 28.5. The lowest BCUT2D eigenvalue weighted by molar-refractivity contribution is -0.125. The number of fused-ring (bicyclic) bond motifs is 3. The number of rotatable bonds is 4. The van der Waals surface area contributed by atoms with Gasteiger partial charge in [-0.05, 0) is 48.0 Å². The summed E-state index contributed by atoms with van der Waals surface area (Å²) in [5.41, 5.74) is 2.85. The molecule has 34 heavy (non-hydrogen) atoms. The van der Waals surface area contributed by atoms with Crippen molar-refractivity contribution in [1.29, 1.82) is 0 Å². The molecular formula is C26H21F2N3O2S. The zero-order valence-electron chi connectivity index (χ0n) is 18.3. The summed E-state index contributed by atoms with van der Waals surface area (Å²) in [5.74, 6) is -1.27. The van der Waals surface area contributed by atoms with Crippen molar-refractivity contribution in [2.24, 2.45) is 7.05 Å². The minimum Gasteiger partial charge on any atom is -0.350 e. The van der Waals surface area contributed by atoms with Crippen molar-refractivity contribution in [1.82, 2.24) is 9.88 Å². The fourth-order valence-corrected chi connectivity index (χ4v) is 5.41. The van der Waals surface area contributed by atoms with E-state index < -0.39 is 11.9 Å². The van der Waals surface area contributed by atoms with E-state index in [0.717, 1.165) is 27.1 Å². The van der Waals surface area contributed by atoms with Crippen LogP contribution in [0.15, 0.2) is 77.8 Å². The molecule has 0 saturated carbocycles. The van der Waals surface area contributed by atoms with Crippen molar-refractivity contribution < 1.29 is 18.4 Å². The summed E-state index contributed by atoms with van der Waals surface area (Å²) >= 11 is 1.38. The van der Waals surface area contributed by atoms with E-state index in [0.29, 0.717) is 5.69 Å². The van der Waals surface area contributed by atoms with Crippen LogP contribution in [0.2, 0.25) is 0 Å². The number of hydrogen-bond acceptors (Lipinski definition) is 3. The Balaban J connectivity index is 1.63. The Morgan fingerprint density at radius 3 is 2.35 bits per heavy atom. The average Bonchev–Trinajstić information content (AvgIpc) is 3.02. The minimum atomic E-state index is -0.963. The quantitative estimate of drug-likeness (QED) is 0.452. The van der Waals surface area contributed by atoms with E-state index >= 15 is 0 Å². The molecule has 5 rings (SSSR count). The van der Waals surface area contributed by atoms with Gasteiger partial charge in [0.2, 0.25) is 11.8 Å².